The van der Waals surface area contributed by atoms with E-state index >= 15 is 0 Å². The van der Waals surface area contributed by atoms with E-state index in [2.05, 4.69) is 15.1 Å². The van der Waals surface area contributed by atoms with Crippen molar-refractivity contribution < 1.29 is 9.53 Å². The van der Waals surface area contributed by atoms with Gasteiger partial charge in [0.1, 0.15) is 5.75 Å². The Hall–Kier alpha value is -3.61. The molecular formula is C24H27N5O2. The number of nitrogens with zero attached hydrogens (tertiary/aromatic N) is 5. The van der Waals surface area contributed by atoms with E-state index in [4.69, 9.17) is 4.74 Å². The first-order valence-corrected chi connectivity index (χ1v) is 10.3. The van der Waals surface area contributed by atoms with Gasteiger partial charge in [-0.1, -0.05) is 6.07 Å². The molecule has 0 N–H and O–H groups in total. The van der Waals surface area contributed by atoms with Crippen LogP contribution in [0.5, 0.6) is 5.75 Å². The minimum Gasteiger partial charge on any atom is -0.497 e. The van der Waals surface area contributed by atoms with Gasteiger partial charge in [0.05, 0.1) is 12.8 Å². The summed E-state index contributed by atoms with van der Waals surface area (Å²) in [7, 11) is 5.60. The van der Waals surface area contributed by atoms with Crippen molar-refractivity contribution >= 4 is 17.4 Å². The van der Waals surface area contributed by atoms with Gasteiger partial charge in [-0.3, -0.25) is 4.79 Å². The number of carbonyl (C=O) groups is 1. The highest BCUT2D eigenvalue weighted by atomic mass is 16.5. The van der Waals surface area contributed by atoms with Crippen LogP contribution in [-0.2, 0) is 0 Å². The second-order valence-electron chi connectivity index (χ2n) is 7.73. The average Bonchev–Trinajstić information content (AvgIpc) is 2.84. The van der Waals surface area contributed by atoms with Crippen LogP contribution >= 0.6 is 0 Å². The van der Waals surface area contributed by atoms with Gasteiger partial charge in [0, 0.05) is 57.1 Å². The molecule has 3 aromatic rings. The molecule has 7 nitrogen and oxygen atoms in total. The van der Waals surface area contributed by atoms with Crippen LogP contribution in [0, 0.1) is 0 Å². The number of hydrogen-bond donors (Lipinski definition) is 0. The van der Waals surface area contributed by atoms with Crippen LogP contribution < -0.4 is 14.5 Å². The smallest absolute Gasteiger partial charge is 0.254 e. The molecule has 2 aromatic carbocycles. The van der Waals surface area contributed by atoms with E-state index in [9.17, 15) is 4.79 Å². The minimum absolute atomic E-state index is 0.0734. The van der Waals surface area contributed by atoms with Crippen LogP contribution in [0.15, 0.2) is 60.7 Å². The molecule has 31 heavy (non-hydrogen) atoms. The van der Waals surface area contributed by atoms with Gasteiger partial charge in [-0.05, 0) is 54.6 Å². The van der Waals surface area contributed by atoms with Gasteiger partial charge in [0.15, 0.2) is 5.82 Å². The molecule has 0 unspecified atom stereocenters. The van der Waals surface area contributed by atoms with E-state index in [0.717, 1.165) is 47.2 Å². The van der Waals surface area contributed by atoms with Crippen molar-refractivity contribution in [3.05, 3.63) is 66.2 Å². The minimum atomic E-state index is 0.0734. The molecule has 0 aliphatic carbocycles. The fraction of sp³-hybridized carbons (Fsp3) is 0.292. The summed E-state index contributed by atoms with van der Waals surface area (Å²) in [6.07, 6.45) is 0. The van der Waals surface area contributed by atoms with Crippen LogP contribution in [0.25, 0.3) is 11.3 Å². The van der Waals surface area contributed by atoms with Crippen LogP contribution in [0.4, 0.5) is 11.5 Å². The highest BCUT2D eigenvalue weighted by Crippen LogP contribution is 2.22. The zero-order valence-corrected chi connectivity index (χ0v) is 18.2. The number of methoxy groups -OCH3 is 1. The molecule has 0 spiro atoms. The molecule has 1 aromatic heterocycles. The van der Waals surface area contributed by atoms with Crippen LogP contribution in [0.2, 0.25) is 0 Å². The Morgan fingerprint density at radius 2 is 1.68 bits per heavy atom. The van der Waals surface area contributed by atoms with Crippen molar-refractivity contribution in [3.63, 3.8) is 0 Å². The molecule has 4 rings (SSSR count). The molecule has 1 fully saturated rings. The Balaban J connectivity index is 1.38. The van der Waals surface area contributed by atoms with Gasteiger partial charge >= 0.3 is 0 Å². The second-order valence-corrected chi connectivity index (χ2v) is 7.73. The number of aromatic nitrogens is 2. The Kier molecular flexibility index (Phi) is 6.02. The Labute approximate surface area is 182 Å². The number of carbonyl (C=O) groups excluding carboxylic acids is 1. The zero-order chi connectivity index (χ0) is 21.8. The van der Waals surface area contributed by atoms with E-state index in [1.54, 1.807) is 7.11 Å². The average molecular weight is 418 g/mol. The Morgan fingerprint density at radius 3 is 2.29 bits per heavy atom. The van der Waals surface area contributed by atoms with Gasteiger partial charge in [-0.2, -0.15) is 0 Å². The van der Waals surface area contributed by atoms with E-state index < -0.39 is 0 Å². The maximum absolute atomic E-state index is 12.9. The third-order valence-corrected chi connectivity index (χ3v) is 5.54. The van der Waals surface area contributed by atoms with E-state index in [1.807, 2.05) is 84.6 Å². The summed E-state index contributed by atoms with van der Waals surface area (Å²) < 4.78 is 5.20. The van der Waals surface area contributed by atoms with Crippen molar-refractivity contribution in [2.24, 2.45) is 0 Å². The van der Waals surface area contributed by atoms with Gasteiger partial charge in [0.2, 0.25) is 0 Å². The first-order valence-electron chi connectivity index (χ1n) is 10.3. The fourth-order valence-electron chi connectivity index (χ4n) is 3.65. The first kappa shape index (κ1) is 20.7. The van der Waals surface area contributed by atoms with E-state index in [-0.39, 0.29) is 5.91 Å². The number of ether oxygens (including phenoxy) is 1. The van der Waals surface area contributed by atoms with Gasteiger partial charge < -0.3 is 19.4 Å². The maximum Gasteiger partial charge on any atom is 0.254 e. The molecule has 0 atom stereocenters. The molecule has 1 aliphatic heterocycles. The van der Waals surface area contributed by atoms with Crippen LogP contribution in [-0.4, -0.2) is 68.4 Å². The van der Waals surface area contributed by atoms with E-state index in [0.29, 0.717) is 13.1 Å². The van der Waals surface area contributed by atoms with Crippen LogP contribution in [0.3, 0.4) is 0 Å². The summed E-state index contributed by atoms with van der Waals surface area (Å²) >= 11 is 0. The Bertz CT molecular complexity index is 1030. The monoisotopic (exact) mass is 417 g/mol. The molecule has 160 valence electrons. The number of amides is 1. The lowest BCUT2D eigenvalue weighted by Crippen LogP contribution is -2.49. The lowest BCUT2D eigenvalue weighted by molar-refractivity contribution is 0.0746. The number of rotatable bonds is 5. The van der Waals surface area contributed by atoms with Crippen LogP contribution in [0.1, 0.15) is 10.4 Å². The second kappa shape index (κ2) is 9.04. The zero-order valence-electron chi connectivity index (χ0n) is 18.2. The molecule has 7 heteroatoms. The molecular weight excluding hydrogens is 390 g/mol. The molecule has 1 amide bonds. The highest BCUT2D eigenvalue weighted by molar-refractivity contribution is 5.95. The summed E-state index contributed by atoms with van der Waals surface area (Å²) in [4.78, 5) is 19.0. The highest BCUT2D eigenvalue weighted by Gasteiger charge is 2.23. The van der Waals surface area contributed by atoms with Crippen molar-refractivity contribution in [1.29, 1.82) is 0 Å². The number of hydrogen-bond acceptors (Lipinski definition) is 6. The molecule has 1 aliphatic rings. The third kappa shape index (κ3) is 4.60. The van der Waals surface area contributed by atoms with Crippen molar-refractivity contribution in [2.75, 3.05) is 57.2 Å². The first-order chi connectivity index (χ1) is 15.0. The quantitative estimate of drug-likeness (QED) is 0.636. The van der Waals surface area contributed by atoms with E-state index in [1.165, 1.54) is 0 Å². The summed E-state index contributed by atoms with van der Waals surface area (Å²) in [5.74, 6) is 1.72. The number of piperazine rings is 1. The topological polar surface area (TPSA) is 61.8 Å². The normalized spacial score (nSPS) is 13.8. The predicted molar refractivity (Wildman–Crippen MR) is 123 cm³/mol. The molecule has 0 saturated carbocycles. The van der Waals surface area contributed by atoms with Gasteiger partial charge in [0.25, 0.3) is 5.91 Å². The molecule has 0 radical (unpaired) electrons. The standard InChI is InChI=1S/C24H27N5O2/c1-27(2)20-6-4-5-19(17-20)24(30)29-15-13-28(14-16-29)23-12-11-22(25-26-23)18-7-9-21(31-3)10-8-18/h4-12,17H,13-16H2,1-3H3. The lowest BCUT2D eigenvalue weighted by Gasteiger charge is -2.35. The largest absolute Gasteiger partial charge is 0.497 e. The van der Waals surface area contributed by atoms with Crippen molar-refractivity contribution in [3.8, 4) is 17.0 Å². The van der Waals surface area contributed by atoms with Crippen molar-refractivity contribution in [2.45, 2.75) is 0 Å². The fourth-order valence-corrected chi connectivity index (χ4v) is 3.65. The summed E-state index contributed by atoms with van der Waals surface area (Å²) in [5, 5.41) is 8.81. The molecule has 1 saturated heterocycles. The number of anilines is 2. The number of benzene rings is 2. The van der Waals surface area contributed by atoms with Gasteiger partial charge in [-0.25, -0.2) is 0 Å². The summed E-state index contributed by atoms with van der Waals surface area (Å²) in [6.45, 7) is 2.78. The Morgan fingerprint density at radius 1 is 0.935 bits per heavy atom. The lowest BCUT2D eigenvalue weighted by atomic mass is 10.1. The third-order valence-electron chi connectivity index (χ3n) is 5.54. The predicted octanol–water partition coefficient (Wildman–Crippen LogP) is 3.18. The summed E-state index contributed by atoms with van der Waals surface area (Å²) in [5.41, 5.74) is 3.57. The maximum atomic E-state index is 12.9. The van der Waals surface area contributed by atoms with Crippen molar-refractivity contribution in [1.82, 2.24) is 15.1 Å². The molecule has 0 bridgehead atoms. The molecule has 2 heterocycles. The SMILES string of the molecule is COc1ccc(-c2ccc(N3CCN(C(=O)c4cccc(N(C)C)c4)CC3)nn2)cc1. The van der Waals surface area contributed by atoms with Gasteiger partial charge in [-0.15, -0.1) is 10.2 Å². The summed E-state index contributed by atoms with van der Waals surface area (Å²) in [6, 6.07) is 19.5.